The number of aliphatic hydroxyl groups is 2. The molecule has 0 aromatic carbocycles. The molecule has 1 heterocycles. The van der Waals surface area contributed by atoms with Crippen LogP contribution in [0.15, 0.2) is 10.9 Å². The SMILES string of the molecule is CN(Cc1cscn1)CC(C)(CO)CO. The lowest BCUT2D eigenvalue weighted by Crippen LogP contribution is -2.38. The summed E-state index contributed by atoms with van der Waals surface area (Å²) in [4.78, 5) is 6.25. The van der Waals surface area contributed by atoms with Gasteiger partial charge in [0.15, 0.2) is 0 Å². The fourth-order valence-corrected chi connectivity index (χ4v) is 2.00. The third kappa shape index (κ3) is 3.87. The fourth-order valence-electron chi connectivity index (χ4n) is 1.45. The van der Waals surface area contributed by atoms with Crippen LogP contribution in [0.1, 0.15) is 12.6 Å². The lowest BCUT2D eigenvalue weighted by atomic mass is 9.92. The summed E-state index contributed by atoms with van der Waals surface area (Å²) in [6.07, 6.45) is 0. The zero-order valence-electron chi connectivity index (χ0n) is 9.18. The molecule has 0 unspecified atom stereocenters. The van der Waals surface area contributed by atoms with Gasteiger partial charge in [0.2, 0.25) is 0 Å². The topological polar surface area (TPSA) is 56.6 Å². The number of thiazole rings is 1. The van der Waals surface area contributed by atoms with Crippen molar-refractivity contribution < 1.29 is 10.2 Å². The second kappa shape index (κ2) is 5.55. The lowest BCUT2D eigenvalue weighted by molar-refractivity contribution is 0.0399. The zero-order valence-corrected chi connectivity index (χ0v) is 10.00. The highest BCUT2D eigenvalue weighted by Crippen LogP contribution is 2.16. The molecule has 0 saturated carbocycles. The van der Waals surface area contributed by atoms with Gasteiger partial charge in [0.05, 0.1) is 24.4 Å². The van der Waals surface area contributed by atoms with Crippen molar-refractivity contribution in [3.05, 3.63) is 16.6 Å². The molecule has 4 nitrogen and oxygen atoms in total. The quantitative estimate of drug-likeness (QED) is 0.750. The van der Waals surface area contributed by atoms with E-state index in [9.17, 15) is 0 Å². The van der Waals surface area contributed by atoms with Crippen LogP contribution in [0.5, 0.6) is 0 Å². The summed E-state index contributed by atoms with van der Waals surface area (Å²) in [5.74, 6) is 0. The van der Waals surface area contributed by atoms with Crippen LogP contribution < -0.4 is 0 Å². The fraction of sp³-hybridized carbons (Fsp3) is 0.700. The van der Waals surface area contributed by atoms with Gasteiger partial charge in [-0.1, -0.05) is 6.92 Å². The second-order valence-electron chi connectivity index (χ2n) is 4.28. The van der Waals surface area contributed by atoms with E-state index in [1.54, 1.807) is 16.8 Å². The maximum Gasteiger partial charge on any atom is 0.0795 e. The molecule has 0 radical (unpaired) electrons. The third-order valence-electron chi connectivity index (χ3n) is 2.33. The molecule has 0 aliphatic heterocycles. The molecule has 0 aliphatic rings. The molecule has 2 N–H and O–H groups in total. The van der Waals surface area contributed by atoms with Crippen LogP contribution in [0.2, 0.25) is 0 Å². The van der Waals surface area contributed by atoms with Crippen LogP contribution in [-0.4, -0.2) is 46.9 Å². The van der Waals surface area contributed by atoms with Crippen molar-refractivity contribution >= 4 is 11.3 Å². The highest BCUT2D eigenvalue weighted by molar-refractivity contribution is 7.07. The van der Waals surface area contributed by atoms with E-state index in [-0.39, 0.29) is 13.2 Å². The van der Waals surface area contributed by atoms with E-state index in [1.165, 1.54) is 0 Å². The molecule has 0 spiro atoms. The summed E-state index contributed by atoms with van der Waals surface area (Å²) in [5.41, 5.74) is 2.39. The molecule has 1 aromatic rings. The Morgan fingerprint density at radius 1 is 1.47 bits per heavy atom. The van der Waals surface area contributed by atoms with Crippen molar-refractivity contribution in [1.82, 2.24) is 9.88 Å². The van der Waals surface area contributed by atoms with Gasteiger partial charge in [0.1, 0.15) is 0 Å². The van der Waals surface area contributed by atoms with E-state index in [2.05, 4.69) is 9.88 Å². The lowest BCUT2D eigenvalue weighted by Gasteiger charge is -2.29. The number of nitrogens with zero attached hydrogens (tertiary/aromatic N) is 2. The Labute approximate surface area is 94.2 Å². The minimum atomic E-state index is -0.440. The Hall–Kier alpha value is -0.490. The molecule has 0 bridgehead atoms. The van der Waals surface area contributed by atoms with E-state index >= 15 is 0 Å². The van der Waals surface area contributed by atoms with E-state index in [0.29, 0.717) is 6.54 Å². The Bertz CT molecular complexity index is 273. The van der Waals surface area contributed by atoms with Crippen LogP contribution in [0, 0.1) is 5.41 Å². The Kier molecular flexibility index (Phi) is 4.66. The maximum atomic E-state index is 9.16. The first kappa shape index (κ1) is 12.6. The number of aromatic nitrogens is 1. The van der Waals surface area contributed by atoms with Crippen LogP contribution >= 0.6 is 11.3 Å². The van der Waals surface area contributed by atoms with Gasteiger partial charge >= 0.3 is 0 Å². The standard InChI is InChI=1S/C10H18N2O2S/c1-10(6-13,7-14)5-12(2)3-9-4-15-8-11-9/h4,8,13-14H,3,5-7H2,1-2H3. The number of hydrogen-bond acceptors (Lipinski definition) is 5. The van der Waals surface area contributed by atoms with Crippen LogP contribution in [0.4, 0.5) is 0 Å². The van der Waals surface area contributed by atoms with Crippen molar-refractivity contribution in [2.45, 2.75) is 13.5 Å². The molecule has 0 saturated heterocycles. The molecule has 0 amide bonds. The minimum Gasteiger partial charge on any atom is -0.396 e. The molecule has 1 rings (SSSR count). The zero-order chi connectivity index (χ0) is 11.3. The van der Waals surface area contributed by atoms with Gasteiger partial charge in [0, 0.05) is 23.9 Å². The number of hydrogen-bond donors (Lipinski definition) is 2. The Balaban J connectivity index is 2.44. The highest BCUT2D eigenvalue weighted by Gasteiger charge is 2.24. The molecule has 86 valence electrons. The molecular weight excluding hydrogens is 212 g/mol. The van der Waals surface area contributed by atoms with Gasteiger partial charge < -0.3 is 10.2 Å². The predicted octanol–water partition coefficient (Wildman–Crippen LogP) is 0.566. The normalized spacial score (nSPS) is 12.3. The summed E-state index contributed by atoms with van der Waals surface area (Å²) in [7, 11) is 1.96. The molecule has 0 aliphatic carbocycles. The van der Waals surface area contributed by atoms with Gasteiger partial charge in [-0.2, -0.15) is 0 Å². The van der Waals surface area contributed by atoms with Crippen molar-refractivity contribution in [2.24, 2.45) is 5.41 Å². The van der Waals surface area contributed by atoms with Crippen LogP contribution in [-0.2, 0) is 6.54 Å². The third-order valence-corrected chi connectivity index (χ3v) is 2.97. The Morgan fingerprint density at radius 3 is 2.60 bits per heavy atom. The van der Waals surface area contributed by atoms with E-state index in [4.69, 9.17) is 10.2 Å². The summed E-state index contributed by atoms with van der Waals surface area (Å²) in [5, 5.41) is 20.3. The molecule has 1 aromatic heterocycles. The largest absolute Gasteiger partial charge is 0.396 e. The molecular formula is C10H18N2O2S. The predicted molar refractivity (Wildman–Crippen MR) is 60.7 cm³/mol. The summed E-state index contributed by atoms with van der Waals surface area (Å²) in [6.45, 7) is 3.25. The maximum absolute atomic E-state index is 9.16. The van der Waals surface area contributed by atoms with Gasteiger partial charge in [-0.15, -0.1) is 11.3 Å². The van der Waals surface area contributed by atoms with Gasteiger partial charge in [-0.3, -0.25) is 4.90 Å². The van der Waals surface area contributed by atoms with Crippen molar-refractivity contribution in [3.63, 3.8) is 0 Å². The van der Waals surface area contributed by atoms with Gasteiger partial charge in [0.25, 0.3) is 0 Å². The molecule has 5 heteroatoms. The van der Waals surface area contributed by atoms with E-state index in [1.807, 2.05) is 19.4 Å². The molecule has 15 heavy (non-hydrogen) atoms. The van der Waals surface area contributed by atoms with Crippen LogP contribution in [0.3, 0.4) is 0 Å². The average Bonchev–Trinajstić information content (AvgIpc) is 2.70. The average molecular weight is 230 g/mol. The van der Waals surface area contributed by atoms with Crippen molar-refractivity contribution in [2.75, 3.05) is 26.8 Å². The number of aliphatic hydroxyl groups excluding tert-OH is 2. The summed E-state index contributed by atoms with van der Waals surface area (Å²) in [6, 6.07) is 0. The van der Waals surface area contributed by atoms with Crippen LogP contribution in [0.25, 0.3) is 0 Å². The first-order chi connectivity index (χ1) is 7.09. The van der Waals surface area contributed by atoms with Crippen molar-refractivity contribution in [3.8, 4) is 0 Å². The Morgan fingerprint density at radius 2 is 2.13 bits per heavy atom. The van der Waals surface area contributed by atoms with E-state index in [0.717, 1.165) is 12.2 Å². The first-order valence-electron chi connectivity index (χ1n) is 4.87. The highest BCUT2D eigenvalue weighted by atomic mass is 32.1. The monoisotopic (exact) mass is 230 g/mol. The smallest absolute Gasteiger partial charge is 0.0795 e. The van der Waals surface area contributed by atoms with Gasteiger partial charge in [-0.25, -0.2) is 4.98 Å². The summed E-state index contributed by atoms with van der Waals surface area (Å²) >= 11 is 1.57. The van der Waals surface area contributed by atoms with E-state index < -0.39 is 5.41 Å². The number of rotatable bonds is 6. The minimum absolute atomic E-state index is 0.00902. The molecule has 0 atom stereocenters. The second-order valence-corrected chi connectivity index (χ2v) is 5.00. The first-order valence-corrected chi connectivity index (χ1v) is 5.81. The molecule has 0 fully saturated rings. The van der Waals surface area contributed by atoms with Crippen molar-refractivity contribution in [1.29, 1.82) is 0 Å². The summed E-state index contributed by atoms with van der Waals surface area (Å²) < 4.78 is 0. The van der Waals surface area contributed by atoms with Gasteiger partial charge in [-0.05, 0) is 7.05 Å².